The predicted octanol–water partition coefficient (Wildman–Crippen LogP) is 2.29. The maximum Gasteiger partial charge on any atom is 0.291 e. The minimum Gasteiger partial charge on any atom is -0.459 e. The molecule has 0 saturated carbocycles. The van der Waals surface area contributed by atoms with E-state index in [4.69, 9.17) is 9.15 Å². The lowest BCUT2D eigenvalue weighted by atomic mass is 10.4. The Balaban J connectivity index is 2.62. The zero-order valence-corrected chi connectivity index (χ0v) is 9.68. The lowest BCUT2D eigenvalue weighted by Crippen LogP contribution is -2.34. The average molecular weight is 223 g/mol. The monoisotopic (exact) mass is 223 g/mol. The molecule has 0 bridgehead atoms. The van der Waals surface area contributed by atoms with Crippen LogP contribution in [0.2, 0.25) is 0 Å². The fourth-order valence-electron chi connectivity index (χ4n) is 1.15. The van der Waals surface area contributed by atoms with E-state index in [1.54, 1.807) is 18.2 Å². The summed E-state index contributed by atoms with van der Waals surface area (Å²) in [5.41, 5.74) is 0. The smallest absolute Gasteiger partial charge is 0.291 e. The van der Waals surface area contributed by atoms with E-state index in [2.05, 4.69) is 6.58 Å². The molecule has 1 amide bonds. The number of nitrogens with zero attached hydrogens (tertiary/aromatic N) is 1. The highest BCUT2D eigenvalue weighted by Crippen LogP contribution is 2.06. The summed E-state index contributed by atoms with van der Waals surface area (Å²) in [5, 5.41) is 0. The van der Waals surface area contributed by atoms with Crippen LogP contribution in [-0.4, -0.2) is 30.2 Å². The predicted molar refractivity (Wildman–Crippen MR) is 61.0 cm³/mol. The lowest BCUT2D eigenvalue weighted by molar-refractivity contribution is 0.000931. The van der Waals surface area contributed by atoms with Gasteiger partial charge in [-0.2, -0.15) is 0 Å². The third-order valence-corrected chi connectivity index (χ3v) is 1.93. The number of amides is 1. The third-order valence-electron chi connectivity index (χ3n) is 1.93. The summed E-state index contributed by atoms with van der Waals surface area (Å²) in [7, 11) is 0. The first-order valence-electron chi connectivity index (χ1n) is 5.20. The molecule has 4 nitrogen and oxygen atoms in total. The molecule has 0 spiro atoms. The summed E-state index contributed by atoms with van der Waals surface area (Å²) in [6.45, 7) is 8.13. The summed E-state index contributed by atoms with van der Waals surface area (Å²) < 4.78 is 10.4. The Morgan fingerprint density at radius 2 is 2.44 bits per heavy atom. The number of carbonyl (C=O) groups excluding carboxylic acids is 1. The van der Waals surface area contributed by atoms with Gasteiger partial charge in [-0.3, -0.25) is 4.79 Å². The quantitative estimate of drug-likeness (QED) is 0.549. The van der Waals surface area contributed by atoms with E-state index in [9.17, 15) is 4.79 Å². The largest absolute Gasteiger partial charge is 0.459 e. The molecule has 0 aliphatic carbocycles. The van der Waals surface area contributed by atoms with Gasteiger partial charge < -0.3 is 14.1 Å². The van der Waals surface area contributed by atoms with Crippen molar-refractivity contribution < 1.29 is 13.9 Å². The fourth-order valence-corrected chi connectivity index (χ4v) is 1.15. The van der Waals surface area contributed by atoms with E-state index in [0.717, 1.165) is 0 Å². The van der Waals surface area contributed by atoms with Crippen molar-refractivity contribution in [3.8, 4) is 0 Å². The minimum atomic E-state index is -0.189. The van der Waals surface area contributed by atoms with Crippen molar-refractivity contribution in [1.82, 2.24) is 4.90 Å². The van der Waals surface area contributed by atoms with Gasteiger partial charge in [0.05, 0.1) is 12.4 Å². The Kier molecular flexibility index (Phi) is 4.79. The summed E-state index contributed by atoms with van der Waals surface area (Å²) >= 11 is 0. The van der Waals surface area contributed by atoms with Crippen LogP contribution in [0.3, 0.4) is 0 Å². The summed E-state index contributed by atoms with van der Waals surface area (Å²) in [6.07, 6.45) is 3.21. The Labute approximate surface area is 95.5 Å². The zero-order chi connectivity index (χ0) is 12.0. The molecule has 0 aliphatic rings. The molecule has 16 heavy (non-hydrogen) atoms. The molecular weight excluding hydrogens is 206 g/mol. The standard InChI is InChI=1S/C12H17NO3/c1-4-7-13(9-16-10(2)3)12(14)11-6-5-8-15-11/h4-6,8,10H,1,7,9H2,2-3H3. The Morgan fingerprint density at radius 1 is 1.69 bits per heavy atom. The van der Waals surface area contributed by atoms with Crippen LogP contribution in [0.4, 0.5) is 0 Å². The maximum absolute atomic E-state index is 11.9. The van der Waals surface area contributed by atoms with Gasteiger partial charge in [0.2, 0.25) is 0 Å². The highest BCUT2D eigenvalue weighted by molar-refractivity contribution is 5.91. The second kappa shape index (κ2) is 6.12. The van der Waals surface area contributed by atoms with Crippen molar-refractivity contribution in [3.05, 3.63) is 36.8 Å². The molecule has 1 rings (SSSR count). The molecule has 0 radical (unpaired) electrons. The lowest BCUT2D eigenvalue weighted by Gasteiger charge is -2.21. The van der Waals surface area contributed by atoms with Gasteiger partial charge in [0.15, 0.2) is 5.76 Å². The van der Waals surface area contributed by atoms with Crippen molar-refractivity contribution in [2.75, 3.05) is 13.3 Å². The topological polar surface area (TPSA) is 42.7 Å². The fraction of sp³-hybridized carbons (Fsp3) is 0.417. The Bertz CT molecular complexity index is 330. The van der Waals surface area contributed by atoms with Gasteiger partial charge in [-0.05, 0) is 26.0 Å². The molecule has 1 aromatic rings. The van der Waals surface area contributed by atoms with E-state index in [-0.39, 0.29) is 18.7 Å². The molecule has 0 fully saturated rings. The van der Waals surface area contributed by atoms with E-state index < -0.39 is 0 Å². The van der Waals surface area contributed by atoms with E-state index in [1.165, 1.54) is 11.2 Å². The number of ether oxygens (including phenoxy) is 1. The Hall–Kier alpha value is -1.55. The number of rotatable bonds is 6. The normalized spacial score (nSPS) is 10.4. The van der Waals surface area contributed by atoms with Gasteiger partial charge in [0.1, 0.15) is 6.73 Å². The molecular formula is C12H17NO3. The maximum atomic E-state index is 11.9. The van der Waals surface area contributed by atoms with Gasteiger partial charge in [-0.25, -0.2) is 0 Å². The summed E-state index contributed by atoms with van der Waals surface area (Å²) in [6, 6.07) is 3.32. The van der Waals surface area contributed by atoms with Gasteiger partial charge in [-0.1, -0.05) is 6.08 Å². The van der Waals surface area contributed by atoms with Crippen molar-refractivity contribution >= 4 is 5.91 Å². The zero-order valence-electron chi connectivity index (χ0n) is 9.68. The first-order valence-corrected chi connectivity index (χ1v) is 5.20. The second-order valence-corrected chi connectivity index (χ2v) is 3.64. The summed E-state index contributed by atoms with van der Waals surface area (Å²) in [4.78, 5) is 13.4. The van der Waals surface area contributed by atoms with Crippen LogP contribution in [0.1, 0.15) is 24.4 Å². The average Bonchev–Trinajstić information content (AvgIpc) is 2.76. The van der Waals surface area contributed by atoms with Crippen LogP contribution in [-0.2, 0) is 4.74 Å². The highest BCUT2D eigenvalue weighted by Gasteiger charge is 2.17. The van der Waals surface area contributed by atoms with E-state index >= 15 is 0 Å². The highest BCUT2D eigenvalue weighted by atomic mass is 16.5. The van der Waals surface area contributed by atoms with Crippen LogP contribution in [0, 0.1) is 0 Å². The molecule has 1 heterocycles. The number of furan rings is 1. The molecule has 4 heteroatoms. The first kappa shape index (κ1) is 12.5. The van der Waals surface area contributed by atoms with Gasteiger partial charge in [-0.15, -0.1) is 6.58 Å². The number of hydrogen-bond acceptors (Lipinski definition) is 3. The van der Waals surface area contributed by atoms with Gasteiger partial charge in [0.25, 0.3) is 5.91 Å². The second-order valence-electron chi connectivity index (χ2n) is 3.64. The number of carbonyl (C=O) groups is 1. The van der Waals surface area contributed by atoms with E-state index in [0.29, 0.717) is 12.3 Å². The van der Waals surface area contributed by atoms with Crippen LogP contribution in [0.25, 0.3) is 0 Å². The molecule has 0 aromatic carbocycles. The van der Waals surface area contributed by atoms with Crippen molar-refractivity contribution in [2.45, 2.75) is 20.0 Å². The molecule has 88 valence electrons. The summed E-state index contributed by atoms with van der Waals surface area (Å²) in [5.74, 6) is 0.125. The SMILES string of the molecule is C=CCN(COC(C)C)C(=O)c1ccco1. The third kappa shape index (κ3) is 3.55. The number of hydrogen-bond donors (Lipinski definition) is 0. The first-order chi connectivity index (χ1) is 7.65. The molecule has 0 N–H and O–H groups in total. The molecule has 1 aromatic heterocycles. The Morgan fingerprint density at radius 3 is 2.94 bits per heavy atom. The van der Waals surface area contributed by atoms with Crippen LogP contribution in [0.15, 0.2) is 35.5 Å². The minimum absolute atomic E-state index is 0.0803. The van der Waals surface area contributed by atoms with Crippen LogP contribution < -0.4 is 0 Å². The van der Waals surface area contributed by atoms with Crippen LogP contribution >= 0.6 is 0 Å². The molecule has 0 saturated heterocycles. The van der Waals surface area contributed by atoms with Crippen molar-refractivity contribution in [1.29, 1.82) is 0 Å². The molecule has 0 unspecified atom stereocenters. The molecule has 0 aliphatic heterocycles. The van der Waals surface area contributed by atoms with Crippen molar-refractivity contribution in [3.63, 3.8) is 0 Å². The van der Waals surface area contributed by atoms with E-state index in [1.807, 2.05) is 13.8 Å². The van der Waals surface area contributed by atoms with Gasteiger partial charge in [0, 0.05) is 6.54 Å². The van der Waals surface area contributed by atoms with Gasteiger partial charge >= 0.3 is 0 Å². The van der Waals surface area contributed by atoms with Crippen molar-refractivity contribution in [2.24, 2.45) is 0 Å². The molecule has 0 atom stereocenters. The van der Waals surface area contributed by atoms with Crippen LogP contribution in [0.5, 0.6) is 0 Å².